The third kappa shape index (κ3) is 1.31. The minimum absolute atomic E-state index is 0.00988. The van der Waals surface area contributed by atoms with Crippen molar-refractivity contribution >= 4 is 21.8 Å². The smallest absolute Gasteiger partial charge is 0.256 e. The van der Waals surface area contributed by atoms with Crippen molar-refractivity contribution < 1.29 is 4.79 Å². The average Bonchev–Trinajstić information content (AvgIpc) is 2.96. The lowest BCUT2D eigenvalue weighted by molar-refractivity contribution is 0.0429. The van der Waals surface area contributed by atoms with Crippen LogP contribution in [0.3, 0.4) is 0 Å². The van der Waals surface area contributed by atoms with Crippen molar-refractivity contribution in [1.29, 1.82) is 5.26 Å². The van der Waals surface area contributed by atoms with Gasteiger partial charge in [-0.15, -0.1) is 0 Å². The number of carbonyl (C=O) groups is 1. The van der Waals surface area contributed by atoms with Crippen molar-refractivity contribution in [1.82, 2.24) is 4.90 Å². The molecule has 4 atom stereocenters. The lowest BCUT2D eigenvalue weighted by atomic mass is 9.66. The van der Waals surface area contributed by atoms with Gasteiger partial charge in [-0.3, -0.25) is 4.79 Å². The van der Waals surface area contributed by atoms with Crippen LogP contribution in [0.4, 0.5) is 0 Å². The van der Waals surface area contributed by atoms with Crippen LogP contribution in [-0.4, -0.2) is 22.9 Å². The number of carbonyl (C=O) groups excluding carboxylic acids is 1. The van der Waals surface area contributed by atoms with Crippen molar-refractivity contribution in [3.05, 3.63) is 34.3 Å². The number of piperidine rings is 1. The summed E-state index contributed by atoms with van der Waals surface area (Å²) in [6.07, 6.45) is 3.10. The van der Waals surface area contributed by atoms with Gasteiger partial charge < -0.3 is 4.90 Å². The van der Waals surface area contributed by atoms with E-state index in [0.717, 1.165) is 17.3 Å². The summed E-state index contributed by atoms with van der Waals surface area (Å²) in [5.74, 6) is 0.574. The number of benzene rings is 1. The molecule has 1 aromatic carbocycles. The van der Waals surface area contributed by atoms with Gasteiger partial charge in [0.15, 0.2) is 0 Å². The first kappa shape index (κ1) is 14.3. The van der Waals surface area contributed by atoms with Gasteiger partial charge >= 0.3 is 0 Å². The molecule has 2 aliphatic carbocycles. The number of hydrogen-bond donors (Lipinski definition) is 0. The number of hydrogen-bond acceptors (Lipinski definition) is 2. The van der Waals surface area contributed by atoms with Gasteiger partial charge in [0.25, 0.3) is 5.91 Å². The van der Waals surface area contributed by atoms with Crippen LogP contribution in [-0.2, 0) is 0 Å². The first-order valence-electron chi connectivity index (χ1n) is 7.87. The molecule has 0 unspecified atom stereocenters. The fourth-order valence-corrected chi connectivity index (χ4v) is 5.99. The van der Waals surface area contributed by atoms with E-state index in [9.17, 15) is 10.1 Å². The highest BCUT2D eigenvalue weighted by molar-refractivity contribution is 9.10. The van der Waals surface area contributed by atoms with Gasteiger partial charge in [0.2, 0.25) is 0 Å². The molecule has 0 radical (unpaired) electrons. The van der Waals surface area contributed by atoms with E-state index in [1.54, 1.807) is 0 Å². The van der Waals surface area contributed by atoms with Gasteiger partial charge in [-0.05, 0) is 58.7 Å². The van der Waals surface area contributed by atoms with Crippen molar-refractivity contribution in [2.24, 2.45) is 16.7 Å². The molecule has 3 fully saturated rings. The molecular formula is C18H19BrN2O. The third-order valence-electron chi connectivity index (χ3n) is 7.09. The fourth-order valence-electron chi connectivity index (χ4n) is 5.54. The highest BCUT2D eigenvalue weighted by Crippen LogP contribution is 2.75. The Morgan fingerprint density at radius 1 is 1.41 bits per heavy atom. The summed E-state index contributed by atoms with van der Waals surface area (Å²) in [5.41, 5.74) is 0.0419. The van der Waals surface area contributed by atoms with Gasteiger partial charge in [0.05, 0.1) is 11.6 Å². The molecular weight excluding hydrogens is 340 g/mol. The van der Waals surface area contributed by atoms with E-state index in [2.05, 4.69) is 35.8 Å². The molecule has 22 heavy (non-hydrogen) atoms. The minimum atomic E-state index is -0.628. The molecule has 2 saturated carbocycles. The maximum Gasteiger partial charge on any atom is 0.256 e. The second kappa shape index (κ2) is 4.14. The van der Waals surface area contributed by atoms with Crippen LogP contribution in [0.25, 0.3) is 0 Å². The van der Waals surface area contributed by atoms with Crippen molar-refractivity contribution in [3.8, 4) is 6.07 Å². The number of rotatable bonds is 1. The summed E-state index contributed by atoms with van der Waals surface area (Å²) in [7, 11) is 0. The predicted molar refractivity (Wildman–Crippen MR) is 87.1 cm³/mol. The third-order valence-corrected chi connectivity index (χ3v) is 7.78. The largest absolute Gasteiger partial charge is 0.319 e. The van der Waals surface area contributed by atoms with E-state index in [4.69, 9.17) is 0 Å². The highest BCUT2D eigenvalue weighted by Gasteiger charge is 2.78. The van der Waals surface area contributed by atoms with Crippen molar-refractivity contribution in [3.63, 3.8) is 0 Å². The van der Waals surface area contributed by atoms with Crippen LogP contribution in [0.2, 0.25) is 0 Å². The topological polar surface area (TPSA) is 44.1 Å². The van der Waals surface area contributed by atoms with Gasteiger partial charge in [-0.2, -0.15) is 5.26 Å². The average molecular weight is 359 g/mol. The van der Waals surface area contributed by atoms with E-state index < -0.39 is 5.54 Å². The summed E-state index contributed by atoms with van der Waals surface area (Å²) >= 11 is 3.47. The Labute approximate surface area is 139 Å². The Bertz CT molecular complexity index is 726. The molecule has 1 heterocycles. The van der Waals surface area contributed by atoms with Crippen LogP contribution in [0.5, 0.6) is 0 Å². The zero-order valence-electron chi connectivity index (χ0n) is 12.9. The monoisotopic (exact) mass is 358 g/mol. The zero-order chi connectivity index (χ0) is 15.8. The van der Waals surface area contributed by atoms with Crippen LogP contribution in [0.1, 0.15) is 43.5 Å². The summed E-state index contributed by atoms with van der Waals surface area (Å²) < 4.78 is 0.802. The summed E-state index contributed by atoms with van der Waals surface area (Å²) in [4.78, 5) is 15.0. The number of nitriles is 1. The SMILES string of the molecule is C[C@@]12CC[C@@H]3C[C@]1(C#N)N(C(=O)c1ccccc1Br)C[C@]32C. The van der Waals surface area contributed by atoms with Crippen LogP contribution >= 0.6 is 15.9 Å². The predicted octanol–water partition coefficient (Wildman–Crippen LogP) is 3.99. The van der Waals surface area contributed by atoms with E-state index in [1.165, 1.54) is 6.42 Å². The number of likely N-dealkylation sites (tertiary alicyclic amines) is 1. The minimum Gasteiger partial charge on any atom is -0.319 e. The maximum absolute atomic E-state index is 13.1. The van der Waals surface area contributed by atoms with Gasteiger partial charge in [-0.25, -0.2) is 0 Å². The summed E-state index contributed by atoms with van der Waals surface area (Å²) in [5, 5.41) is 10.0. The van der Waals surface area contributed by atoms with E-state index in [1.807, 2.05) is 29.2 Å². The maximum atomic E-state index is 13.1. The Morgan fingerprint density at radius 2 is 2.14 bits per heavy atom. The molecule has 114 valence electrons. The molecule has 1 amide bonds. The second-order valence-corrected chi connectivity index (χ2v) is 8.39. The van der Waals surface area contributed by atoms with Gasteiger partial charge in [0.1, 0.15) is 5.54 Å². The quantitative estimate of drug-likeness (QED) is 0.761. The van der Waals surface area contributed by atoms with Gasteiger partial charge in [-0.1, -0.05) is 26.0 Å². The first-order chi connectivity index (χ1) is 10.4. The number of halogens is 1. The summed E-state index contributed by atoms with van der Waals surface area (Å²) in [6.45, 7) is 5.23. The molecule has 1 saturated heterocycles. The van der Waals surface area contributed by atoms with Crippen molar-refractivity contribution in [2.45, 2.75) is 38.6 Å². The Hall–Kier alpha value is -1.34. The van der Waals surface area contributed by atoms with Crippen LogP contribution in [0, 0.1) is 28.1 Å². The molecule has 0 spiro atoms. The Kier molecular flexibility index (Phi) is 2.68. The fraction of sp³-hybridized carbons (Fsp3) is 0.556. The lowest BCUT2D eigenvalue weighted by Crippen LogP contribution is -2.54. The van der Waals surface area contributed by atoms with Gasteiger partial charge in [0, 0.05) is 16.4 Å². The zero-order valence-corrected chi connectivity index (χ0v) is 14.5. The number of nitrogens with zero attached hydrogens (tertiary/aromatic N) is 2. The highest BCUT2D eigenvalue weighted by atomic mass is 79.9. The molecule has 1 aromatic rings. The Balaban J connectivity index is 1.82. The molecule has 3 aliphatic rings. The normalized spacial score (nSPS) is 41.7. The first-order valence-corrected chi connectivity index (χ1v) is 8.67. The van der Waals surface area contributed by atoms with Crippen molar-refractivity contribution in [2.75, 3.05) is 6.54 Å². The van der Waals surface area contributed by atoms with Crippen LogP contribution in [0.15, 0.2) is 28.7 Å². The molecule has 0 aromatic heterocycles. The molecule has 4 bridgehead atoms. The van der Waals surface area contributed by atoms with E-state index in [-0.39, 0.29) is 16.7 Å². The molecule has 4 rings (SSSR count). The summed E-state index contributed by atoms with van der Waals surface area (Å²) in [6, 6.07) is 10.1. The molecule has 3 nitrogen and oxygen atoms in total. The van der Waals surface area contributed by atoms with Crippen LogP contribution < -0.4 is 0 Å². The standard InChI is InChI=1S/C18H19BrN2O/c1-16-11-21(15(22)13-5-3-4-6-14(13)19)18(10-20)9-12(16)7-8-17(16,18)2/h3-6,12H,7-9,11H2,1-2H3/t12-,16-,17+,18-/m1/s1. The Morgan fingerprint density at radius 3 is 2.77 bits per heavy atom. The molecule has 4 heteroatoms. The number of amides is 1. The van der Waals surface area contributed by atoms with E-state index >= 15 is 0 Å². The lowest BCUT2D eigenvalue weighted by Gasteiger charge is -2.43. The second-order valence-electron chi connectivity index (χ2n) is 7.53. The van der Waals surface area contributed by atoms with E-state index in [0.29, 0.717) is 18.0 Å². The molecule has 1 aliphatic heterocycles. The molecule has 0 N–H and O–H groups in total.